The highest BCUT2D eigenvalue weighted by Gasteiger charge is 2.31. The van der Waals surface area contributed by atoms with E-state index in [2.05, 4.69) is 41.0 Å². The summed E-state index contributed by atoms with van der Waals surface area (Å²) in [7, 11) is 0. The van der Waals surface area contributed by atoms with Crippen molar-refractivity contribution >= 4 is 35.0 Å². The van der Waals surface area contributed by atoms with Crippen molar-refractivity contribution < 1.29 is 19.4 Å². The number of nitrogens with zero attached hydrogens (tertiary/aromatic N) is 1. The number of aliphatic hydroxyl groups is 1. The van der Waals surface area contributed by atoms with Gasteiger partial charge >= 0.3 is 0 Å². The lowest BCUT2D eigenvalue weighted by Crippen LogP contribution is -2.49. The van der Waals surface area contributed by atoms with Crippen LogP contribution in [0.2, 0.25) is 0 Å². The number of halogens is 1. The van der Waals surface area contributed by atoms with E-state index in [-0.39, 0.29) is 36.8 Å². The summed E-state index contributed by atoms with van der Waals surface area (Å²) in [4.78, 5) is 28.5. The van der Waals surface area contributed by atoms with Crippen molar-refractivity contribution in [2.75, 3.05) is 13.2 Å². The van der Waals surface area contributed by atoms with Gasteiger partial charge in [-0.2, -0.15) is 0 Å². The molecule has 0 aliphatic carbocycles. The first-order valence-corrected chi connectivity index (χ1v) is 13.8. The third-order valence-electron chi connectivity index (χ3n) is 7.92. The van der Waals surface area contributed by atoms with Crippen molar-refractivity contribution in [1.29, 1.82) is 0 Å². The number of rotatable bonds is 8. The molecule has 2 aliphatic rings. The Labute approximate surface area is 245 Å². The second-order valence-electron chi connectivity index (χ2n) is 10.5. The number of carbonyl (C=O) groups excluding carboxylic acids is 2. The Morgan fingerprint density at radius 3 is 2.63 bits per heavy atom. The standard InChI is InChI=1S/C33H33N3O4.ClH/c1-2-40-31-16-27-25(20-36(33(27)39)19-24-12-7-11-21-8-5-6-13-26(21)24)14-28(31)32(38)35-18-30(37)29-15-22-9-3-4-10-23(22)17-34-29;/h3-14,16,29-30,34,37H,2,15,17-20H2,1H3,(H,35,38);1H/t29-,30+;/m0./s1. The number of hydrogen-bond donors (Lipinski definition) is 3. The van der Waals surface area contributed by atoms with Crippen molar-refractivity contribution in [2.45, 2.75) is 45.1 Å². The number of aliphatic hydroxyl groups excluding tert-OH is 1. The highest BCUT2D eigenvalue weighted by atomic mass is 35.5. The van der Waals surface area contributed by atoms with Crippen molar-refractivity contribution in [2.24, 2.45) is 0 Å². The van der Waals surface area contributed by atoms with Crippen LogP contribution in [0.4, 0.5) is 0 Å². The van der Waals surface area contributed by atoms with Crippen LogP contribution in [0.3, 0.4) is 0 Å². The molecule has 4 aromatic carbocycles. The van der Waals surface area contributed by atoms with Gasteiger partial charge in [-0.15, -0.1) is 12.4 Å². The molecule has 2 atom stereocenters. The van der Waals surface area contributed by atoms with Crippen molar-refractivity contribution in [3.63, 3.8) is 0 Å². The van der Waals surface area contributed by atoms with Crippen molar-refractivity contribution in [3.8, 4) is 5.75 Å². The SMILES string of the molecule is CCOc1cc2c(cc1C(=O)NC[C@@H](O)[C@@H]1Cc3ccccc3CN1)CN(Cc1cccc3ccccc13)C2=O.Cl. The minimum Gasteiger partial charge on any atom is -0.493 e. The molecule has 0 saturated heterocycles. The Balaban J connectivity index is 0.00000337. The monoisotopic (exact) mass is 571 g/mol. The number of hydrogen-bond acceptors (Lipinski definition) is 5. The van der Waals surface area contributed by atoms with E-state index in [1.54, 1.807) is 17.0 Å². The van der Waals surface area contributed by atoms with E-state index in [4.69, 9.17) is 4.74 Å². The molecule has 2 amide bonds. The van der Waals surface area contributed by atoms with Crippen molar-refractivity contribution in [3.05, 3.63) is 112 Å². The van der Waals surface area contributed by atoms with Gasteiger partial charge in [-0.1, -0.05) is 66.7 Å². The lowest BCUT2D eigenvalue weighted by molar-refractivity contribution is 0.0766. The predicted molar refractivity (Wildman–Crippen MR) is 161 cm³/mol. The second-order valence-corrected chi connectivity index (χ2v) is 10.5. The Hall–Kier alpha value is -3.91. The highest BCUT2D eigenvalue weighted by Crippen LogP contribution is 2.32. The molecule has 0 spiro atoms. The Morgan fingerprint density at radius 1 is 1.05 bits per heavy atom. The molecule has 4 aromatic rings. The fourth-order valence-electron chi connectivity index (χ4n) is 5.80. The van der Waals surface area contributed by atoms with Crippen LogP contribution in [-0.2, 0) is 26.1 Å². The fourth-order valence-corrected chi connectivity index (χ4v) is 5.80. The van der Waals surface area contributed by atoms with Gasteiger partial charge in [-0.05, 0) is 58.5 Å². The third kappa shape index (κ3) is 5.79. The number of benzene rings is 4. The molecule has 8 heteroatoms. The zero-order chi connectivity index (χ0) is 27.6. The molecular weight excluding hydrogens is 538 g/mol. The molecule has 0 aromatic heterocycles. The van der Waals surface area contributed by atoms with Gasteiger partial charge in [0.15, 0.2) is 0 Å². The number of amides is 2. The number of fused-ring (bicyclic) bond motifs is 3. The van der Waals surface area contributed by atoms with E-state index in [0.29, 0.717) is 49.5 Å². The van der Waals surface area contributed by atoms with Crippen LogP contribution in [0.5, 0.6) is 5.75 Å². The lowest BCUT2D eigenvalue weighted by atomic mass is 9.93. The summed E-state index contributed by atoms with van der Waals surface area (Å²) in [5.74, 6) is -0.0327. The van der Waals surface area contributed by atoms with Crippen LogP contribution in [0.1, 0.15) is 49.9 Å². The maximum Gasteiger partial charge on any atom is 0.255 e. The summed E-state index contributed by atoms with van der Waals surface area (Å²) in [6, 6.07) is 25.8. The van der Waals surface area contributed by atoms with Gasteiger partial charge in [0.05, 0.1) is 18.3 Å². The second kappa shape index (κ2) is 12.3. The Bertz CT molecular complexity index is 1590. The van der Waals surface area contributed by atoms with Crippen LogP contribution < -0.4 is 15.4 Å². The number of nitrogens with one attached hydrogen (secondary N) is 2. The topological polar surface area (TPSA) is 90.9 Å². The molecule has 6 rings (SSSR count). The maximum absolute atomic E-state index is 13.4. The minimum absolute atomic E-state index is 0. The predicted octanol–water partition coefficient (Wildman–Crippen LogP) is 4.62. The average molecular weight is 572 g/mol. The van der Waals surface area contributed by atoms with Gasteiger partial charge in [0.25, 0.3) is 11.8 Å². The van der Waals surface area contributed by atoms with Crippen LogP contribution in [-0.4, -0.2) is 47.1 Å². The highest BCUT2D eigenvalue weighted by molar-refractivity contribution is 6.03. The van der Waals surface area contributed by atoms with E-state index >= 15 is 0 Å². The maximum atomic E-state index is 13.4. The van der Waals surface area contributed by atoms with E-state index in [1.807, 2.05) is 43.3 Å². The fraction of sp³-hybridized carbons (Fsp3) is 0.273. The molecule has 0 fully saturated rings. The molecule has 7 nitrogen and oxygen atoms in total. The van der Waals surface area contributed by atoms with E-state index in [1.165, 1.54) is 11.1 Å². The summed E-state index contributed by atoms with van der Waals surface area (Å²) in [5.41, 5.74) is 5.25. The molecule has 0 unspecified atom stereocenters. The molecular formula is C33H34ClN3O4. The molecule has 3 N–H and O–H groups in total. The third-order valence-corrected chi connectivity index (χ3v) is 7.92. The van der Waals surface area contributed by atoms with Gasteiger partial charge in [-0.25, -0.2) is 0 Å². The molecule has 0 saturated carbocycles. The van der Waals surface area contributed by atoms with Crippen LogP contribution in [0, 0.1) is 0 Å². The van der Waals surface area contributed by atoms with Crippen LogP contribution in [0.15, 0.2) is 78.9 Å². The normalized spacial score (nSPS) is 16.5. The van der Waals surface area contributed by atoms with Gasteiger partial charge in [-0.3, -0.25) is 9.59 Å². The first-order chi connectivity index (χ1) is 19.5. The molecule has 212 valence electrons. The van der Waals surface area contributed by atoms with E-state index < -0.39 is 6.10 Å². The van der Waals surface area contributed by atoms with E-state index in [9.17, 15) is 14.7 Å². The zero-order valence-corrected chi connectivity index (χ0v) is 23.7. The first-order valence-electron chi connectivity index (χ1n) is 13.8. The molecule has 0 bridgehead atoms. The van der Waals surface area contributed by atoms with Gasteiger partial charge in [0, 0.05) is 37.8 Å². The lowest BCUT2D eigenvalue weighted by Gasteiger charge is -2.30. The van der Waals surface area contributed by atoms with Crippen LogP contribution in [0.25, 0.3) is 10.8 Å². The Kier molecular flexibility index (Phi) is 8.59. The first kappa shape index (κ1) is 28.6. The Morgan fingerprint density at radius 2 is 1.80 bits per heavy atom. The van der Waals surface area contributed by atoms with Gasteiger partial charge < -0.3 is 25.4 Å². The summed E-state index contributed by atoms with van der Waals surface area (Å²) in [5, 5.41) is 19.4. The molecule has 41 heavy (non-hydrogen) atoms. The minimum atomic E-state index is -0.750. The summed E-state index contributed by atoms with van der Waals surface area (Å²) < 4.78 is 5.80. The number of carbonyl (C=O) groups is 2. The molecule has 2 aliphatic heterocycles. The molecule has 0 radical (unpaired) electrons. The van der Waals surface area contributed by atoms with E-state index in [0.717, 1.165) is 21.9 Å². The molecule has 2 heterocycles. The van der Waals surface area contributed by atoms with Crippen LogP contribution >= 0.6 is 12.4 Å². The quantitative estimate of drug-likeness (QED) is 0.287. The smallest absolute Gasteiger partial charge is 0.255 e. The van der Waals surface area contributed by atoms with Gasteiger partial charge in [0.1, 0.15) is 5.75 Å². The summed E-state index contributed by atoms with van der Waals surface area (Å²) in [6.07, 6.45) is -0.0507. The largest absolute Gasteiger partial charge is 0.493 e. The van der Waals surface area contributed by atoms with Crippen molar-refractivity contribution in [1.82, 2.24) is 15.5 Å². The van der Waals surface area contributed by atoms with Gasteiger partial charge in [0.2, 0.25) is 0 Å². The zero-order valence-electron chi connectivity index (χ0n) is 22.9. The summed E-state index contributed by atoms with van der Waals surface area (Å²) in [6.45, 7) is 3.89. The summed E-state index contributed by atoms with van der Waals surface area (Å²) >= 11 is 0. The number of ether oxygens (including phenoxy) is 1. The average Bonchev–Trinajstić information content (AvgIpc) is 3.29.